The van der Waals surface area contributed by atoms with Gasteiger partial charge in [0.2, 0.25) is 5.91 Å². The van der Waals surface area contributed by atoms with Crippen LogP contribution in [0.4, 0.5) is 4.79 Å². The lowest BCUT2D eigenvalue weighted by Crippen LogP contribution is -2.44. The van der Waals surface area contributed by atoms with Gasteiger partial charge in [-0.3, -0.25) is 9.69 Å². The van der Waals surface area contributed by atoms with Gasteiger partial charge >= 0.3 is 6.03 Å². The summed E-state index contributed by atoms with van der Waals surface area (Å²) in [7, 11) is 1.84. The topological polar surface area (TPSA) is 64.7 Å². The number of nitrogens with zero attached hydrogens (tertiary/aromatic N) is 2. The molecule has 1 aromatic rings. The van der Waals surface area contributed by atoms with Crippen molar-refractivity contribution in [3.63, 3.8) is 0 Å². The van der Waals surface area contributed by atoms with Gasteiger partial charge in [0.05, 0.1) is 0 Å². The second-order valence-corrected chi connectivity index (χ2v) is 8.49. The van der Waals surface area contributed by atoms with Crippen LogP contribution in [0.2, 0.25) is 0 Å². The molecule has 0 aromatic heterocycles. The Morgan fingerprint density at radius 2 is 1.81 bits per heavy atom. The molecule has 1 aliphatic rings. The number of rotatable bonds is 7. The number of likely N-dealkylation sites (tertiary alicyclic amines) is 1. The molecule has 2 rings (SSSR count). The number of hydrogen-bond acceptors (Lipinski definition) is 3. The van der Waals surface area contributed by atoms with Crippen molar-refractivity contribution in [1.29, 1.82) is 0 Å². The number of amides is 3. The summed E-state index contributed by atoms with van der Waals surface area (Å²) in [6, 6.07) is 10.4. The summed E-state index contributed by atoms with van der Waals surface area (Å²) in [5.41, 5.74) is 0.927. The molecule has 0 bridgehead atoms. The Bertz CT molecular complexity index is 612. The first-order valence-corrected chi connectivity index (χ1v) is 9.79. The standard InChI is InChI=1S/C21H34N4O2/c1-21(2,3)19(26)22-11-12-23-20(27)24(4)14-18-10-13-25(16-18)15-17-8-6-5-7-9-17/h5-9,18H,10-16H2,1-4H3,(H,22,26)(H,23,27). The second kappa shape index (κ2) is 9.74. The fourth-order valence-corrected chi connectivity index (χ4v) is 3.26. The fraction of sp³-hybridized carbons (Fsp3) is 0.619. The molecular weight excluding hydrogens is 340 g/mol. The maximum atomic E-state index is 12.2. The van der Waals surface area contributed by atoms with Crippen LogP contribution in [0.5, 0.6) is 0 Å². The lowest BCUT2D eigenvalue weighted by Gasteiger charge is -2.23. The van der Waals surface area contributed by atoms with E-state index in [-0.39, 0.29) is 11.9 Å². The minimum atomic E-state index is -0.408. The van der Waals surface area contributed by atoms with Crippen LogP contribution in [-0.4, -0.2) is 61.5 Å². The number of carbonyl (C=O) groups excluding carboxylic acids is 2. The van der Waals surface area contributed by atoms with Crippen LogP contribution in [0.3, 0.4) is 0 Å². The predicted octanol–water partition coefficient (Wildman–Crippen LogP) is 2.31. The molecule has 0 aliphatic carbocycles. The average Bonchev–Trinajstić information content (AvgIpc) is 3.05. The van der Waals surface area contributed by atoms with Crippen LogP contribution in [-0.2, 0) is 11.3 Å². The smallest absolute Gasteiger partial charge is 0.317 e. The maximum Gasteiger partial charge on any atom is 0.317 e. The van der Waals surface area contributed by atoms with Gasteiger partial charge in [-0.25, -0.2) is 4.79 Å². The molecule has 0 saturated carbocycles. The van der Waals surface area contributed by atoms with Crippen molar-refractivity contribution in [3.8, 4) is 0 Å². The lowest BCUT2D eigenvalue weighted by molar-refractivity contribution is -0.128. The molecule has 0 radical (unpaired) electrons. The second-order valence-electron chi connectivity index (χ2n) is 8.49. The quantitative estimate of drug-likeness (QED) is 0.720. The molecule has 3 amide bonds. The molecule has 1 saturated heterocycles. The van der Waals surface area contributed by atoms with Crippen LogP contribution >= 0.6 is 0 Å². The normalized spacial score (nSPS) is 17.6. The molecule has 150 valence electrons. The van der Waals surface area contributed by atoms with Crippen molar-refractivity contribution >= 4 is 11.9 Å². The largest absolute Gasteiger partial charge is 0.354 e. The van der Waals surface area contributed by atoms with Gasteiger partial charge in [-0.2, -0.15) is 0 Å². The number of hydrogen-bond donors (Lipinski definition) is 2. The van der Waals surface area contributed by atoms with E-state index in [1.807, 2.05) is 33.9 Å². The molecule has 6 heteroatoms. The van der Waals surface area contributed by atoms with E-state index < -0.39 is 5.41 Å². The molecule has 1 fully saturated rings. The minimum Gasteiger partial charge on any atom is -0.354 e. The summed E-state index contributed by atoms with van der Waals surface area (Å²) >= 11 is 0. The molecule has 1 atom stereocenters. The molecule has 1 aromatic carbocycles. The van der Waals surface area contributed by atoms with Crippen LogP contribution < -0.4 is 10.6 Å². The first kappa shape index (κ1) is 21.2. The predicted molar refractivity (Wildman–Crippen MR) is 108 cm³/mol. The van der Waals surface area contributed by atoms with E-state index in [0.717, 1.165) is 32.6 Å². The summed E-state index contributed by atoms with van der Waals surface area (Å²) in [5, 5.41) is 5.71. The third-order valence-electron chi connectivity index (χ3n) is 4.87. The Morgan fingerprint density at radius 1 is 1.15 bits per heavy atom. The number of carbonyl (C=O) groups is 2. The third-order valence-corrected chi connectivity index (χ3v) is 4.87. The highest BCUT2D eigenvalue weighted by Gasteiger charge is 2.25. The van der Waals surface area contributed by atoms with Crippen LogP contribution in [0.1, 0.15) is 32.8 Å². The number of urea groups is 1. The fourth-order valence-electron chi connectivity index (χ4n) is 3.26. The molecule has 1 aliphatic heterocycles. The Balaban J connectivity index is 1.64. The van der Waals surface area contributed by atoms with E-state index in [0.29, 0.717) is 19.0 Å². The SMILES string of the molecule is CN(CC1CCN(Cc2ccccc2)C1)C(=O)NCCNC(=O)C(C)(C)C. The van der Waals surface area contributed by atoms with Gasteiger partial charge in [0, 0.05) is 45.2 Å². The molecule has 1 unspecified atom stereocenters. The minimum absolute atomic E-state index is 0.00503. The van der Waals surface area contributed by atoms with Crippen LogP contribution in [0.15, 0.2) is 30.3 Å². The molecule has 0 spiro atoms. The Labute approximate surface area is 163 Å². The van der Waals surface area contributed by atoms with Gasteiger partial charge in [-0.15, -0.1) is 0 Å². The summed E-state index contributed by atoms with van der Waals surface area (Å²) in [6.45, 7) is 10.3. The van der Waals surface area contributed by atoms with E-state index in [1.54, 1.807) is 4.90 Å². The monoisotopic (exact) mass is 374 g/mol. The van der Waals surface area contributed by atoms with Gasteiger partial charge in [0.1, 0.15) is 0 Å². The Hall–Kier alpha value is -2.08. The van der Waals surface area contributed by atoms with E-state index in [9.17, 15) is 9.59 Å². The highest BCUT2D eigenvalue weighted by atomic mass is 16.2. The first-order valence-electron chi connectivity index (χ1n) is 9.79. The van der Waals surface area contributed by atoms with Crippen LogP contribution in [0, 0.1) is 11.3 Å². The van der Waals surface area contributed by atoms with Gasteiger partial charge < -0.3 is 15.5 Å². The van der Waals surface area contributed by atoms with Gasteiger partial charge in [0.15, 0.2) is 0 Å². The van der Waals surface area contributed by atoms with Crippen molar-refractivity contribution in [2.45, 2.75) is 33.7 Å². The summed E-state index contributed by atoms with van der Waals surface area (Å²) < 4.78 is 0. The van der Waals surface area contributed by atoms with Gasteiger partial charge in [-0.1, -0.05) is 51.1 Å². The van der Waals surface area contributed by atoms with E-state index in [4.69, 9.17) is 0 Å². The molecule has 2 N–H and O–H groups in total. The molecule has 1 heterocycles. The highest BCUT2D eigenvalue weighted by Crippen LogP contribution is 2.19. The van der Waals surface area contributed by atoms with Crippen molar-refractivity contribution in [1.82, 2.24) is 20.4 Å². The number of benzene rings is 1. The highest BCUT2D eigenvalue weighted by molar-refractivity contribution is 5.81. The lowest BCUT2D eigenvalue weighted by atomic mass is 9.96. The number of nitrogens with one attached hydrogen (secondary N) is 2. The molecule has 6 nitrogen and oxygen atoms in total. The zero-order valence-electron chi connectivity index (χ0n) is 17.1. The van der Waals surface area contributed by atoms with Crippen LogP contribution in [0.25, 0.3) is 0 Å². The first-order chi connectivity index (χ1) is 12.8. The Kier molecular flexibility index (Phi) is 7.66. The van der Waals surface area contributed by atoms with E-state index in [2.05, 4.69) is 39.8 Å². The van der Waals surface area contributed by atoms with Crippen molar-refractivity contribution in [2.24, 2.45) is 11.3 Å². The third kappa shape index (κ3) is 7.21. The van der Waals surface area contributed by atoms with Crippen molar-refractivity contribution < 1.29 is 9.59 Å². The van der Waals surface area contributed by atoms with E-state index in [1.165, 1.54) is 5.56 Å². The summed E-state index contributed by atoms with van der Waals surface area (Å²) in [6.07, 6.45) is 1.12. The average molecular weight is 375 g/mol. The van der Waals surface area contributed by atoms with Crippen molar-refractivity contribution in [3.05, 3.63) is 35.9 Å². The Morgan fingerprint density at radius 3 is 2.48 bits per heavy atom. The summed E-state index contributed by atoms with van der Waals surface area (Å²) in [4.78, 5) is 28.2. The van der Waals surface area contributed by atoms with Gasteiger partial charge in [0.25, 0.3) is 0 Å². The van der Waals surface area contributed by atoms with Crippen molar-refractivity contribution in [2.75, 3.05) is 39.8 Å². The van der Waals surface area contributed by atoms with Gasteiger partial charge in [-0.05, 0) is 24.4 Å². The zero-order chi connectivity index (χ0) is 19.9. The molecular formula is C21H34N4O2. The maximum absolute atomic E-state index is 12.2. The molecule has 27 heavy (non-hydrogen) atoms. The summed E-state index contributed by atoms with van der Waals surface area (Å²) in [5.74, 6) is 0.500. The van der Waals surface area contributed by atoms with E-state index >= 15 is 0 Å². The zero-order valence-corrected chi connectivity index (χ0v) is 17.1.